The van der Waals surface area contributed by atoms with Gasteiger partial charge in [0, 0.05) is 29.5 Å². The van der Waals surface area contributed by atoms with Crippen molar-refractivity contribution in [3.8, 4) is 5.75 Å². The molecule has 0 radical (unpaired) electrons. The molecule has 8 heteroatoms. The normalized spacial score (nSPS) is 12.4. The van der Waals surface area contributed by atoms with Gasteiger partial charge >= 0.3 is 6.03 Å². The minimum absolute atomic E-state index is 0.128. The number of hydrazone groups is 1. The molecule has 3 N–H and O–H groups in total. The fourth-order valence-corrected chi connectivity index (χ4v) is 5.42. The van der Waals surface area contributed by atoms with Gasteiger partial charge in [0.05, 0.1) is 12.3 Å². The summed E-state index contributed by atoms with van der Waals surface area (Å²) in [6.07, 6.45) is 1.62. The van der Waals surface area contributed by atoms with Gasteiger partial charge in [0.1, 0.15) is 5.75 Å². The van der Waals surface area contributed by atoms with Crippen LogP contribution in [0.15, 0.2) is 64.2 Å². The molecule has 4 aromatic rings. The Bertz CT molecular complexity index is 1280. The van der Waals surface area contributed by atoms with Gasteiger partial charge in [0.25, 0.3) is 0 Å². The highest BCUT2D eigenvalue weighted by Crippen LogP contribution is 2.38. The van der Waals surface area contributed by atoms with Crippen molar-refractivity contribution in [1.29, 1.82) is 0 Å². The lowest BCUT2D eigenvalue weighted by atomic mass is 9.96. The van der Waals surface area contributed by atoms with E-state index in [1.54, 1.807) is 35.0 Å². The second-order valence-electron chi connectivity index (χ2n) is 7.04. The number of carbonyl (C=O) groups is 1. The van der Waals surface area contributed by atoms with E-state index in [2.05, 4.69) is 31.8 Å². The van der Waals surface area contributed by atoms with Gasteiger partial charge in [-0.05, 0) is 67.1 Å². The zero-order valence-electron chi connectivity index (χ0n) is 16.8. The molecule has 2 amide bonds. The molecule has 1 unspecified atom stereocenters. The molecule has 0 aliphatic heterocycles. The number of aromatic hydroxyl groups is 1. The number of phenolic OH excluding ortho intramolecular Hbond substituents is 1. The number of urea groups is 1. The number of fused-ring (bicyclic) bond motifs is 1. The third-order valence-electron chi connectivity index (χ3n) is 4.73. The average Bonchev–Trinajstić information content (AvgIpc) is 3.35. The summed E-state index contributed by atoms with van der Waals surface area (Å²) in [5.74, 6) is 0.128. The second-order valence-corrected chi connectivity index (χ2v) is 10.6. The number of aryl methyl sites for hydroxylation is 2. The smallest absolute Gasteiger partial charge is 0.335 e. The number of carbonyl (C=O) groups excluding carboxylic acids is 1. The standard InChI is InChI=1S/C23H20BrN3O2S2/c1-13-3-7-17(30-13)12-25-27-23(29)26-22(20-10-4-14(2)31-20)21-18-8-6-16(24)11-15(18)5-9-19(21)28/h3-12,22,28H,1-2H3,(H2,26,27,29)/b25-12+. The monoisotopic (exact) mass is 513 g/mol. The molecule has 2 aromatic carbocycles. The summed E-state index contributed by atoms with van der Waals surface area (Å²) >= 11 is 6.67. The summed E-state index contributed by atoms with van der Waals surface area (Å²) in [6.45, 7) is 4.03. The lowest BCUT2D eigenvalue weighted by Gasteiger charge is -2.21. The van der Waals surface area contributed by atoms with E-state index in [0.717, 1.165) is 29.9 Å². The Balaban J connectivity index is 1.66. The van der Waals surface area contributed by atoms with Gasteiger partial charge in [0.2, 0.25) is 0 Å². The first kappa shape index (κ1) is 21.5. The highest BCUT2D eigenvalue weighted by Gasteiger charge is 2.24. The molecule has 1 atom stereocenters. The molecule has 0 saturated heterocycles. The van der Waals surface area contributed by atoms with Crippen molar-refractivity contribution < 1.29 is 9.90 Å². The van der Waals surface area contributed by atoms with Gasteiger partial charge in [-0.3, -0.25) is 0 Å². The number of hydrogen-bond acceptors (Lipinski definition) is 5. The molecule has 0 aliphatic carbocycles. The number of amides is 2. The number of thiophene rings is 2. The third kappa shape index (κ3) is 4.98. The summed E-state index contributed by atoms with van der Waals surface area (Å²) in [5.41, 5.74) is 3.19. The van der Waals surface area contributed by atoms with E-state index in [-0.39, 0.29) is 5.75 Å². The topological polar surface area (TPSA) is 73.7 Å². The van der Waals surface area contributed by atoms with Crippen LogP contribution in [-0.2, 0) is 0 Å². The number of nitrogens with zero attached hydrogens (tertiary/aromatic N) is 1. The van der Waals surface area contributed by atoms with E-state index < -0.39 is 12.1 Å². The summed E-state index contributed by atoms with van der Waals surface area (Å²) in [7, 11) is 0. The summed E-state index contributed by atoms with van der Waals surface area (Å²) in [5, 5.41) is 19.6. The molecule has 0 aliphatic rings. The predicted molar refractivity (Wildman–Crippen MR) is 133 cm³/mol. The van der Waals surface area contributed by atoms with E-state index in [1.165, 1.54) is 4.88 Å². The first-order chi connectivity index (χ1) is 14.9. The summed E-state index contributed by atoms with van der Waals surface area (Å²) in [6, 6.07) is 16.3. The molecule has 158 valence electrons. The molecule has 2 aromatic heterocycles. The van der Waals surface area contributed by atoms with E-state index >= 15 is 0 Å². The van der Waals surface area contributed by atoms with Crippen LogP contribution >= 0.6 is 38.6 Å². The SMILES string of the molecule is Cc1ccc(/C=N/NC(=O)NC(c2ccc(C)s2)c2c(O)ccc3cc(Br)ccc23)s1. The van der Waals surface area contributed by atoms with Crippen LogP contribution in [0.1, 0.15) is 31.1 Å². The first-order valence-corrected chi connectivity index (χ1v) is 12.0. The number of hydrogen-bond donors (Lipinski definition) is 3. The number of halogens is 1. The van der Waals surface area contributed by atoms with Gasteiger partial charge in [-0.15, -0.1) is 22.7 Å². The third-order valence-corrected chi connectivity index (χ3v) is 7.22. The summed E-state index contributed by atoms with van der Waals surface area (Å²) in [4.78, 5) is 16.9. The Labute approximate surface area is 196 Å². The molecule has 4 rings (SSSR count). The van der Waals surface area contributed by atoms with Gasteiger partial charge < -0.3 is 10.4 Å². The zero-order valence-corrected chi connectivity index (χ0v) is 20.1. The van der Waals surface area contributed by atoms with Gasteiger partial charge in [-0.1, -0.05) is 28.1 Å². The molecule has 2 heterocycles. The van der Waals surface area contributed by atoms with Crippen molar-refractivity contribution in [3.05, 3.63) is 84.1 Å². The summed E-state index contributed by atoms with van der Waals surface area (Å²) < 4.78 is 0.948. The van der Waals surface area contributed by atoms with E-state index in [1.807, 2.05) is 62.4 Å². The van der Waals surface area contributed by atoms with Crippen molar-refractivity contribution in [2.24, 2.45) is 5.10 Å². The van der Waals surface area contributed by atoms with Gasteiger partial charge in [-0.25, -0.2) is 10.2 Å². The van der Waals surface area contributed by atoms with E-state index in [9.17, 15) is 9.90 Å². The number of nitrogens with one attached hydrogen (secondary N) is 2. The van der Waals surface area contributed by atoms with Crippen LogP contribution in [0, 0.1) is 13.8 Å². The van der Waals surface area contributed by atoms with Crippen LogP contribution in [0.5, 0.6) is 5.75 Å². The lowest BCUT2D eigenvalue weighted by molar-refractivity contribution is 0.239. The van der Waals surface area contributed by atoms with Crippen LogP contribution in [0.2, 0.25) is 0 Å². The second kappa shape index (κ2) is 9.21. The lowest BCUT2D eigenvalue weighted by Crippen LogP contribution is -2.35. The van der Waals surface area contributed by atoms with Crippen molar-refractivity contribution >= 4 is 61.6 Å². The molecule has 0 fully saturated rings. The fraction of sp³-hybridized carbons (Fsp3) is 0.130. The van der Waals surface area contributed by atoms with Crippen LogP contribution < -0.4 is 10.7 Å². The molecule has 31 heavy (non-hydrogen) atoms. The van der Waals surface area contributed by atoms with Gasteiger partial charge in [0.15, 0.2) is 0 Å². The Morgan fingerprint density at radius 2 is 1.84 bits per heavy atom. The Morgan fingerprint density at radius 1 is 1.06 bits per heavy atom. The van der Waals surface area contributed by atoms with Gasteiger partial charge in [-0.2, -0.15) is 5.10 Å². The highest BCUT2D eigenvalue weighted by atomic mass is 79.9. The quantitative estimate of drug-likeness (QED) is 0.211. The maximum atomic E-state index is 12.7. The highest BCUT2D eigenvalue weighted by molar-refractivity contribution is 9.10. The predicted octanol–water partition coefficient (Wildman–Crippen LogP) is 6.47. The van der Waals surface area contributed by atoms with Crippen LogP contribution in [0.25, 0.3) is 10.8 Å². The number of benzene rings is 2. The molecular weight excluding hydrogens is 494 g/mol. The molecular formula is C23H20BrN3O2S2. The van der Waals surface area contributed by atoms with Crippen molar-refractivity contribution in [2.45, 2.75) is 19.9 Å². The molecule has 0 saturated carbocycles. The van der Waals surface area contributed by atoms with Crippen molar-refractivity contribution in [2.75, 3.05) is 0 Å². The van der Waals surface area contributed by atoms with Crippen molar-refractivity contribution in [1.82, 2.24) is 10.7 Å². The van der Waals surface area contributed by atoms with Crippen LogP contribution in [0.3, 0.4) is 0 Å². The maximum absolute atomic E-state index is 12.7. The van der Waals surface area contributed by atoms with Crippen LogP contribution in [-0.4, -0.2) is 17.4 Å². The maximum Gasteiger partial charge on any atom is 0.335 e. The minimum atomic E-state index is -0.525. The van der Waals surface area contributed by atoms with Crippen molar-refractivity contribution in [3.63, 3.8) is 0 Å². The number of phenols is 1. The Morgan fingerprint density at radius 3 is 2.55 bits per heavy atom. The van der Waals surface area contributed by atoms with E-state index in [4.69, 9.17) is 0 Å². The molecule has 0 spiro atoms. The Kier molecular flexibility index (Phi) is 6.41. The fourth-order valence-electron chi connectivity index (χ4n) is 3.35. The molecule has 5 nitrogen and oxygen atoms in total. The largest absolute Gasteiger partial charge is 0.508 e. The van der Waals surface area contributed by atoms with E-state index in [0.29, 0.717) is 5.56 Å². The number of rotatable bonds is 5. The molecule has 0 bridgehead atoms. The Hall–Kier alpha value is -2.68. The zero-order chi connectivity index (χ0) is 22.0. The van der Waals surface area contributed by atoms with Crippen LogP contribution in [0.4, 0.5) is 4.79 Å². The average molecular weight is 514 g/mol. The minimum Gasteiger partial charge on any atom is -0.508 e. The first-order valence-electron chi connectivity index (χ1n) is 9.54.